The van der Waals surface area contributed by atoms with Gasteiger partial charge in [0, 0.05) is 6.07 Å². The first kappa shape index (κ1) is 18.6. The van der Waals surface area contributed by atoms with Gasteiger partial charge in [-0.2, -0.15) is 0 Å². The fraction of sp³-hybridized carbons (Fsp3) is 0.100. The quantitative estimate of drug-likeness (QED) is 0.427. The smallest absolute Gasteiger partial charge is 0.268 e. The molecule has 7 heteroatoms. The molecule has 0 saturated carbocycles. The summed E-state index contributed by atoms with van der Waals surface area (Å²) >= 11 is 0.863. The topological polar surface area (TPSA) is 80.5 Å². The van der Waals surface area contributed by atoms with Crippen LogP contribution in [0.1, 0.15) is 16.7 Å². The summed E-state index contributed by atoms with van der Waals surface area (Å²) in [7, 11) is 0. The number of imide groups is 1. The first-order chi connectivity index (χ1) is 13.0. The number of carbonyl (C=O) groups excluding carboxylic acids is 2. The SMILES string of the molecule is Cc1ccc(CN2C(=O)S/C(=C\C=C\c3ccccc3[N+](=O)[O-])C2=O)cc1. The number of nitro groups is 1. The number of nitrogens with zero attached hydrogens (tertiary/aromatic N) is 2. The Morgan fingerprint density at radius 2 is 1.81 bits per heavy atom. The lowest BCUT2D eigenvalue weighted by Gasteiger charge is -2.12. The van der Waals surface area contributed by atoms with E-state index in [0.29, 0.717) is 10.5 Å². The van der Waals surface area contributed by atoms with Crippen LogP contribution in [0.4, 0.5) is 10.5 Å². The van der Waals surface area contributed by atoms with E-state index in [4.69, 9.17) is 0 Å². The van der Waals surface area contributed by atoms with Crippen molar-refractivity contribution in [3.05, 3.63) is 92.4 Å². The predicted octanol–water partition coefficient (Wildman–Crippen LogP) is 4.70. The van der Waals surface area contributed by atoms with Crippen molar-refractivity contribution in [1.82, 2.24) is 4.90 Å². The van der Waals surface area contributed by atoms with Crippen LogP contribution < -0.4 is 0 Å². The van der Waals surface area contributed by atoms with Crippen molar-refractivity contribution in [2.75, 3.05) is 0 Å². The van der Waals surface area contributed by atoms with E-state index in [1.54, 1.807) is 30.4 Å². The van der Waals surface area contributed by atoms with Gasteiger partial charge in [-0.3, -0.25) is 24.6 Å². The molecule has 0 aliphatic carbocycles. The summed E-state index contributed by atoms with van der Waals surface area (Å²) in [4.78, 5) is 36.7. The molecule has 6 nitrogen and oxygen atoms in total. The molecule has 0 atom stereocenters. The van der Waals surface area contributed by atoms with Crippen LogP contribution in [0.15, 0.2) is 65.6 Å². The average molecular weight is 380 g/mol. The number of nitro benzene ring substituents is 1. The normalized spacial score (nSPS) is 15.9. The van der Waals surface area contributed by atoms with Crippen molar-refractivity contribution in [3.8, 4) is 0 Å². The summed E-state index contributed by atoms with van der Waals surface area (Å²) < 4.78 is 0. The molecule has 0 spiro atoms. The fourth-order valence-electron chi connectivity index (χ4n) is 2.56. The third kappa shape index (κ3) is 4.32. The number of para-hydroxylation sites is 1. The van der Waals surface area contributed by atoms with Crippen molar-refractivity contribution >= 4 is 34.7 Å². The molecule has 1 heterocycles. The minimum atomic E-state index is -0.463. The molecule has 3 rings (SSSR count). The maximum Gasteiger partial charge on any atom is 0.293 e. The van der Waals surface area contributed by atoms with Gasteiger partial charge >= 0.3 is 0 Å². The zero-order valence-electron chi connectivity index (χ0n) is 14.5. The van der Waals surface area contributed by atoms with E-state index in [2.05, 4.69) is 0 Å². The number of carbonyl (C=O) groups is 2. The fourth-order valence-corrected chi connectivity index (χ4v) is 3.35. The van der Waals surface area contributed by atoms with Gasteiger partial charge in [0.05, 0.1) is 21.9 Å². The summed E-state index contributed by atoms with van der Waals surface area (Å²) in [6.45, 7) is 2.19. The minimum absolute atomic E-state index is 0.0189. The number of benzene rings is 2. The molecule has 0 bridgehead atoms. The van der Waals surface area contributed by atoms with Gasteiger partial charge in [0.1, 0.15) is 0 Å². The Kier molecular flexibility index (Phi) is 5.52. The number of amides is 2. The van der Waals surface area contributed by atoms with Crippen LogP contribution in [-0.2, 0) is 11.3 Å². The average Bonchev–Trinajstić information content (AvgIpc) is 2.91. The van der Waals surface area contributed by atoms with Crippen LogP contribution in [0.3, 0.4) is 0 Å². The number of hydrogen-bond donors (Lipinski definition) is 0. The van der Waals surface area contributed by atoms with E-state index in [-0.39, 0.29) is 23.4 Å². The maximum absolute atomic E-state index is 12.5. The van der Waals surface area contributed by atoms with Crippen molar-refractivity contribution in [3.63, 3.8) is 0 Å². The molecular formula is C20H16N2O4S. The molecule has 0 radical (unpaired) electrons. The first-order valence-electron chi connectivity index (χ1n) is 8.16. The zero-order chi connectivity index (χ0) is 19.4. The molecule has 27 heavy (non-hydrogen) atoms. The van der Waals surface area contributed by atoms with E-state index in [1.165, 1.54) is 17.0 Å². The van der Waals surface area contributed by atoms with Crippen molar-refractivity contribution < 1.29 is 14.5 Å². The monoisotopic (exact) mass is 380 g/mol. The Hall–Kier alpha value is -3.19. The Morgan fingerprint density at radius 1 is 1.11 bits per heavy atom. The van der Waals surface area contributed by atoms with Gasteiger partial charge < -0.3 is 0 Å². The molecule has 0 aromatic heterocycles. The number of allylic oxidation sites excluding steroid dienone is 2. The van der Waals surface area contributed by atoms with Gasteiger partial charge in [0.15, 0.2) is 0 Å². The summed E-state index contributed by atoms with van der Waals surface area (Å²) in [6.07, 6.45) is 4.61. The molecule has 1 aliphatic rings. The Balaban J connectivity index is 1.74. The molecule has 136 valence electrons. The van der Waals surface area contributed by atoms with Gasteiger partial charge in [-0.15, -0.1) is 0 Å². The lowest BCUT2D eigenvalue weighted by atomic mass is 10.1. The molecule has 0 N–H and O–H groups in total. The van der Waals surface area contributed by atoms with Crippen molar-refractivity contribution in [2.24, 2.45) is 0 Å². The van der Waals surface area contributed by atoms with Crippen LogP contribution in [0.25, 0.3) is 6.08 Å². The standard InChI is InChI=1S/C20H16N2O4S/c1-14-9-11-15(12-10-14)13-21-19(23)18(27-20(21)24)8-4-6-16-5-2-3-7-17(16)22(25)26/h2-12H,13H2,1H3/b6-4+,18-8-. The van der Waals surface area contributed by atoms with E-state index < -0.39 is 4.92 Å². The Bertz CT molecular complexity index is 964. The van der Waals surface area contributed by atoms with Gasteiger partial charge in [0.2, 0.25) is 0 Å². The molecule has 1 saturated heterocycles. The van der Waals surface area contributed by atoms with Crippen LogP contribution in [0, 0.1) is 17.0 Å². The number of thioether (sulfide) groups is 1. The van der Waals surface area contributed by atoms with Gasteiger partial charge in [0.25, 0.3) is 16.8 Å². The molecular weight excluding hydrogens is 364 g/mol. The molecule has 1 fully saturated rings. The van der Waals surface area contributed by atoms with E-state index in [9.17, 15) is 19.7 Å². The van der Waals surface area contributed by atoms with Crippen molar-refractivity contribution in [2.45, 2.75) is 13.5 Å². The second-order valence-corrected chi connectivity index (χ2v) is 6.94. The highest BCUT2D eigenvalue weighted by Gasteiger charge is 2.34. The minimum Gasteiger partial charge on any atom is -0.268 e. The molecule has 2 aromatic carbocycles. The molecule has 2 aromatic rings. The Labute approximate surface area is 160 Å². The highest BCUT2D eigenvalue weighted by atomic mass is 32.2. The lowest BCUT2D eigenvalue weighted by Crippen LogP contribution is -2.27. The van der Waals surface area contributed by atoms with Crippen LogP contribution >= 0.6 is 11.8 Å². The first-order valence-corrected chi connectivity index (χ1v) is 8.98. The zero-order valence-corrected chi connectivity index (χ0v) is 15.3. The highest BCUT2D eigenvalue weighted by molar-refractivity contribution is 8.18. The summed E-state index contributed by atoms with van der Waals surface area (Å²) in [5, 5.41) is 10.7. The molecule has 2 amide bonds. The number of aryl methyl sites for hydroxylation is 1. The number of rotatable bonds is 5. The van der Waals surface area contributed by atoms with Gasteiger partial charge in [-0.1, -0.05) is 48.0 Å². The maximum atomic E-state index is 12.5. The largest absolute Gasteiger partial charge is 0.293 e. The molecule has 0 unspecified atom stereocenters. The summed E-state index contributed by atoms with van der Waals surface area (Å²) in [5.41, 5.74) is 2.39. The second kappa shape index (κ2) is 8.01. The summed E-state index contributed by atoms with van der Waals surface area (Å²) in [5.74, 6) is -0.363. The molecule has 1 aliphatic heterocycles. The van der Waals surface area contributed by atoms with Crippen molar-refractivity contribution in [1.29, 1.82) is 0 Å². The van der Waals surface area contributed by atoms with E-state index in [1.807, 2.05) is 31.2 Å². The van der Waals surface area contributed by atoms with Gasteiger partial charge in [-0.05, 0) is 42.5 Å². The number of hydrogen-bond acceptors (Lipinski definition) is 5. The highest BCUT2D eigenvalue weighted by Crippen LogP contribution is 2.32. The Morgan fingerprint density at radius 3 is 2.52 bits per heavy atom. The van der Waals surface area contributed by atoms with Crippen LogP contribution in [0.5, 0.6) is 0 Å². The predicted molar refractivity (Wildman–Crippen MR) is 105 cm³/mol. The van der Waals surface area contributed by atoms with Crippen LogP contribution in [-0.4, -0.2) is 21.0 Å². The van der Waals surface area contributed by atoms with E-state index >= 15 is 0 Å². The second-order valence-electron chi connectivity index (χ2n) is 5.95. The third-order valence-electron chi connectivity index (χ3n) is 3.99. The lowest BCUT2D eigenvalue weighted by molar-refractivity contribution is -0.385. The third-order valence-corrected chi connectivity index (χ3v) is 4.92. The van der Waals surface area contributed by atoms with Gasteiger partial charge in [-0.25, -0.2) is 0 Å². The van der Waals surface area contributed by atoms with E-state index in [0.717, 1.165) is 22.9 Å². The van der Waals surface area contributed by atoms with Crippen LogP contribution in [0.2, 0.25) is 0 Å². The summed E-state index contributed by atoms with van der Waals surface area (Å²) in [6, 6.07) is 13.9.